The van der Waals surface area contributed by atoms with Crippen LogP contribution < -0.4 is 32.3 Å². The number of rotatable bonds is 14. The Bertz CT molecular complexity index is 2400. The minimum absolute atomic E-state index is 0.0565. The molecule has 2 saturated carbocycles. The highest BCUT2D eigenvalue weighted by Gasteiger charge is 2.63. The number of aliphatic carboxylic acids is 1. The van der Waals surface area contributed by atoms with Crippen LogP contribution in [0.1, 0.15) is 51.4 Å². The van der Waals surface area contributed by atoms with Gasteiger partial charge in [-0.25, -0.2) is 14.6 Å². The molecular formula is C50H75N8O16S4+. The molecule has 2 spiro atoms. The van der Waals surface area contributed by atoms with Crippen LogP contribution in [-0.2, 0) is 33.3 Å². The average Bonchev–Trinajstić information content (AvgIpc) is 4.19. The average molecular weight is 1170 g/mol. The van der Waals surface area contributed by atoms with Gasteiger partial charge in [0.1, 0.15) is 48.9 Å². The third-order valence-electron chi connectivity index (χ3n) is 16.9. The molecule has 9 aliphatic rings. The zero-order valence-electron chi connectivity index (χ0n) is 43.2. The van der Waals surface area contributed by atoms with Crippen molar-refractivity contribution in [2.75, 3.05) is 64.7 Å². The van der Waals surface area contributed by atoms with Crippen LogP contribution in [0.4, 0.5) is 0 Å². The lowest BCUT2D eigenvalue weighted by Crippen LogP contribution is -3.14. The molecular weight excluding hydrogens is 1100 g/mol. The summed E-state index contributed by atoms with van der Waals surface area (Å²) in [6, 6.07) is -0.928. The zero-order chi connectivity index (χ0) is 55.5. The molecule has 434 valence electrons. The first-order valence-corrected chi connectivity index (χ1v) is 31.3. The van der Waals surface area contributed by atoms with Crippen LogP contribution in [0.15, 0.2) is 69.2 Å². The number of quaternary nitrogens is 1. The summed E-state index contributed by atoms with van der Waals surface area (Å²) in [5, 5.41) is 107. The molecule has 7 aliphatic heterocycles. The molecule has 0 aromatic heterocycles. The standard InChI is InChI=1S/C50H74N8O16S4/c1-53-37(22-63)73-41-44(72-35(21-62)40(64)50(41,68)69)74-45-49-9-2-13-75-77-36(14-28-16-48(57-47(52)55-28)10-8-27(49)15-48)39-33(20-61)58-17-25(38(29(18-58)42(65)66)56-46(51)54-11-3-12-59)4-6-32(49)30(23-70-45)43(67)71-34-7-5-26(19-60)31(34)24-76-78-39/h2,4,6,9,18,23,26-28,31-37,39-41,44-45,53,59-64,68-69H,3,5,7-8,10-17,19-22,24H2,1H3,(H,65,66)(H3,51,54,56)(H3,52,55,57)/p+1/b6-4+,9-2+/t26-,27+,28-,31-,32+,33-,34+,35+,36+,37+,39+,40+,41-,44-,45-,48+,49-/m0/s1. The van der Waals surface area contributed by atoms with Gasteiger partial charge in [0.15, 0.2) is 24.3 Å². The van der Waals surface area contributed by atoms with Gasteiger partial charge in [-0.05, 0) is 70.3 Å². The number of guanidine groups is 2. The first-order valence-electron chi connectivity index (χ1n) is 26.6. The van der Waals surface area contributed by atoms with E-state index in [0.29, 0.717) is 73.3 Å². The Morgan fingerprint density at radius 2 is 1.92 bits per heavy atom. The van der Waals surface area contributed by atoms with Crippen molar-refractivity contribution < 1.29 is 84.1 Å². The van der Waals surface area contributed by atoms with Crippen LogP contribution in [0.2, 0.25) is 0 Å². The highest BCUT2D eigenvalue weighted by molar-refractivity contribution is 8.78. The van der Waals surface area contributed by atoms with Gasteiger partial charge >= 0.3 is 11.9 Å². The zero-order valence-corrected chi connectivity index (χ0v) is 46.5. The minimum Gasteiger partial charge on any atom is -0.477 e. The summed E-state index contributed by atoms with van der Waals surface area (Å²) in [6.45, 7) is -1.94. The lowest BCUT2D eigenvalue weighted by Gasteiger charge is -2.53. The summed E-state index contributed by atoms with van der Waals surface area (Å²) in [4.78, 5) is 39.2. The molecule has 0 aromatic carbocycles. The number of aliphatic hydroxyl groups is 8. The van der Waals surface area contributed by atoms with Crippen LogP contribution in [0.25, 0.3) is 0 Å². The highest BCUT2D eigenvalue weighted by Crippen LogP contribution is 2.59. The number of nitrogens with zero attached hydrogens (tertiary/aromatic N) is 2. The summed E-state index contributed by atoms with van der Waals surface area (Å²) in [7, 11) is 7.82. The van der Waals surface area contributed by atoms with E-state index in [1.54, 1.807) is 61.5 Å². The van der Waals surface area contributed by atoms with E-state index in [4.69, 9.17) is 40.1 Å². The lowest BCUT2D eigenvalue weighted by molar-refractivity contribution is -0.870. The van der Waals surface area contributed by atoms with Crippen molar-refractivity contribution >= 4 is 67.0 Å². The van der Waals surface area contributed by atoms with Crippen molar-refractivity contribution in [2.45, 2.75) is 128 Å². The second-order valence-electron chi connectivity index (χ2n) is 21.5. The fourth-order valence-corrected chi connectivity index (χ4v) is 19.9. The summed E-state index contributed by atoms with van der Waals surface area (Å²) >= 11 is 0. The Balaban J connectivity index is 1.32. The molecule has 1 saturated heterocycles. The Hall–Kier alpha value is -3.14. The number of likely N-dealkylation sites (N-methyl/N-ethyl adjacent to an activating group) is 1. The van der Waals surface area contributed by atoms with Crippen LogP contribution in [-0.4, -0.2) is 212 Å². The normalized spacial score (nSPS) is 40.9. The maximum atomic E-state index is 15.5. The van der Waals surface area contributed by atoms with E-state index < -0.39 is 103 Å². The second kappa shape index (κ2) is 25.6. The Labute approximate surface area is 467 Å². The molecule has 2 aliphatic carbocycles. The van der Waals surface area contributed by atoms with Gasteiger partial charge in [-0.2, -0.15) is 0 Å². The number of hydrogen-bond acceptors (Lipinski definition) is 24. The molecule has 28 heteroatoms. The number of carbonyl (C=O) groups excluding carboxylic acids is 1. The fourth-order valence-electron chi connectivity index (χ4n) is 13.0. The van der Waals surface area contributed by atoms with Crippen molar-refractivity contribution in [3.63, 3.8) is 0 Å². The third-order valence-corrected chi connectivity index (χ3v) is 22.9. The molecule has 78 heavy (non-hydrogen) atoms. The topological polar surface area (TPSA) is 380 Å². The van der Waals surface area contributed by atoms with E-state index in [2.05, 4.69) is 20.9 Å². The maximum absolute atomic E-state index is 15.5. The van der Waals surface area contributed by atoms with E-state index in [9.17, 15) is 50.8 Å². The van der Waals surface area contributed by atoms with Gasteiger partial charge in [-0.3, -0.25) is 15.2 Å². The Kier molecular flexibility index (Phi) is 19.5. The van der Waals surface area contributed by atoms with Gasteiger partial charge in [-0.1, -0.05) is 67.5 Å². The van der Waals surface area contributed by atoms with Crippen LogP contribution >= 0.6 is 43.2 Å². The van der Waals surface area contributed by atoms with Gasteiger partial charge in [0, 0.05) is 59.5 Å². The van der Waals surface area contributed by atoms with E-state index in [0.717, 1.165) is 0 Å². The monoisotopic (exact) mass is 1170 g/mol. The number of carboxylic acid groups (broad SMARTS) is 1. The van der Waals surface area contributed by atoms with Gasteiger partial charge in [0.25, 0.3) is 0 Å². The van der Waals surface area contributed by atoms with Crippen molar-refractivity contribution in [1.29, 1.82) is 0 Å². The lowest BCUT2D eigenvalue weighted by atomic mass is 9.60. The minimum atomic E-state index is -3.16. The third kappa shape index (κ3) is 12.0. The van der Waals surface area contributed by atoms with Crippen molar-refractivity contribution in [3.8, 4) is 0 Å². The SMILES string of the molecule is CN[C@@H](CO)O[C@H]1[C@H](O[C@@H]2OC=C3C(=O)O[C@@H]4CC[C@@H](CO)[C@@H]4CSS[C@H]4[C@H]5C[C@H]6C[C@]7(CC[C@H](C7)[C@@]2(/C=C/CSS5)[C@@H]3/C=C/C2=C(NC(N)=NCCCO)C(C(=O)O)=C[NH+](C2)[C@H]4CO)NC(N)=N6)O[C@H](CO)[C@@H](O)C1(O)O. The molecule has 3 fully saturated rings. The summed E-state index contributed by atoms with van der Waals surface area (Å²) in [6.07, 6.45) is 3.19. The van der Waals surface area contributed by atoms with Gasteiger partial charge in [0.05, 0.1) is 54.1 Å². The molecule has 17 N–H and O–H groups in total. The van der Waals surface area contributed by atoms with Gasteiger partial charge in [0.2, 0.25) is 12.1 Å². The summed E-state index contributed by atoms with van der Waals surface area (Å²) in [5.74, 6) is -6.23. The Morgan fingerprint density at radius 3 is 2.65 bits per heavy atom. The first-order chi connectivity index (χ1) is 37.5. The number of nitrogens with two attached hydrogens (primary N) is 2. The van der Waals surface area contributed by atoms with Crippen molar-refractivity contribution in [3.05, 3.63) is 59.2 Å². The molecule has 18 atom stereocenters. The number of carboxylic acids is 1. The number of hydrogen-bond donors (Lipinski definition) is 15. The molecule has 9 rings (SSSR count). The predicted octanol–water partition coefficient (Wildman–Crippen LogP) is -2.51. The van der Waals surface area contributed by atoms with E-state index >= 15 is 4.79 Å². The van der Waals surface area contributed by atoms with Crippen LogP contribution in [0.3, 0.4) is 0 Å². The number of ether oxygens (including phenoxy) is 5. The number of carbonyl (C=O) groups is 2. The number of esters is 1. The van der Waals surface area contributed by atoms with E-state index in [1.807, 2.05) is 12.2 Å². The molecule has 1 unspecified atom stereocenters. The number of aliphatic imine (C=N–C) groups is 2. The summed E-state index contributed by atoms with van der Waals surface area (Å²) in [5.41, 5.74) is 11.5. The number of allylic oxidation sites excluding steroid dienone is 1. The van der Waals surface area contributed by atoms with Crippen LogP contribution in [0, 0.1) is 29.1 Å². The predicted molar refractivity (Wildman–Crippen MR) is 291 cm³/mol. The van der Waals surface area contributed by atoms with Crippen molar-refractivity contribution in [1.82, 2.24) is 16.0 Å². The summed E-state index contributed by atoms with van der Waals surface area (Å²) < 4.78 is 32.6. The molecule has 0 radical (unpaired) electrons. The molecule has 24 nitrogen and oxygen atoms in total. The number of aliphatic hydroxyl groups excluding tert-OH is 6. The molecule has 7 heterocycles. The fraction of sp³-hybridized carbons (Fsp3) is 0.720. The maximum Gasteiger partial charge on any atom is 0.343 e. The first kappa shape index (κ1) is 59.5. The van der Waals surface area contributed by atoms with Gasteiger partial charge < -0.3 is 91.7 Å². The van der Waals surface area contributed by atoms with E-state index in [-0.39, 0.29) is 90.1 Å². The largest absolute Gasteiger partial charge is 0.477 e. The molecule has 0 amide bonds. The second-order valence-corrected chi connectivity index (χ2v) is 26.7. The smallest absolute Gasteiger partial charge is 0.343 e. The van der Waals surface area contributed by atoms with Crippen molar-refractivity contribution in [2.24, 2.45) is 50.5 Å². The number of nitrogens with one attached hydrogen (secondary N) is 4. The number of fused-ring (bicyclic) bond motifs is 9. The molecule has 0 aromatic rings. The molecule has 9 bridgehead atoms. The quantitative estimate of drug-likeness (QED) is 0.0162. The Morgan fingerprint density at radius 1 is 1.10 bits per heavy atom. The van der Waals surface area contributed by atoms with Gasteiger partial charge in [-0.15, -0.1) is 0 Å². The van der Waals surface area contributed by atoms with Crippen LogP contribution in [0.5, 0.6) is 0 Å². The highest BCUT2D eigenvalue weighted by atomic mass is 33.1. The van der Waals surface area contributed by atoms with E-state index in [1.165, 1.54) is 13.3 Å².